The van der Waals surface area contributed by atoms with Gasteiger partial charge in [0, 0.05) is 12.0 Å². The summed E-state index contributed by atoms with van der Waals surface area (Å²) in [7, 11) is 0. The van der Waals surface area contributed by atoms with Gasteiger partial charge in [0.15, 0.2) is 0 Å². The molecular weight excluding hydrogens is 176 g/mol. The van der Waals surface area contributed by atoms with E-state index in [-0.39, 0.29) is 6.10 Å². The molecule has 0 spiro atoms. The summed E-state index contributed by atoms with van der Waals surface area (Å²) < 4.78 is 11.1. The Bertz CT molecular complexity index is 314. The van der Waals surface area contributed by atoms with Crippen LogP contribution in [0.4, 0.5) is 0 Å². The summed E-state index contributed by atoms with van der Waals surface area (Å²) in [4.78, 5) is 0. The molecule has 0 aromatic heterocycles. The van der Waals surface area contributed by atoms with Crippen molar-refractivity contribution in [3.8, 4) is 5.75 Å². The van der Waals surface area contributed by atoms with E-state index < -0.39 is 0 Å². The second-order valence-corrected chi connectivity index (χ2v) is 3.35. The molecule has 1 aromatic rings. The molecule has 1 atom stereocenters. The number of hydrogen-bond acceptors (Lipinski definition) is 2. The fourth-order valence-electron chi connectivity index (χ4n) is 1.54. The van der Waals surface area contributed by atoms with E-state index in [0.29, 0.717) is 6.61 Å². The summed E-state index contributed by atoms with van der Waals surface area (Å²) in [6.45, 7) is 5.26. The first-order valence-corrected chi connectivity index (χ1v) is 4.86. The molecular formula is C12H14O2. The van der Waals surface area contributed by atoms with E-state index in [4.69, 9.17) is 9.47 Å². The molecule has 1 aliphatic rings. The number of hydrogen-bond donors (Lipinski definition) is 0. The van der Waals surface area contributed by atoms with Gasteiger partial charge in [-0.1, -0.05) is 30.9 Å². The first-order valence-electron chi connectivity index (χ1n) is 4.86. The van der Waals surface area contributed by atoms with Crippen molar-refractivity contribution >= 4 is 6.08 Å². The normalized spacial score (nSPS) is 20.7. The van der Waals surface area contributed by atoms with Gasteiger partial charge in [-0.15, -0.1) is 0 Å². The van der Waals surface area contributed by atoms with Crippen LogP contribution in [0.15, 0.2) is 30.8 Å². The predicted molar refractivity (Wildman–Crippen MR) is 56.4 cm³/mol. The van der Waals surface area contributed by atoms with Gasteiger partial charge in [0.25, 0.3) is 0 Å². The maximum Gasteiger partial charge on any atom is 0.127 e. The first kappa shape index (κ1) is 9.28. The van der Waals surface area contributed by atoms with Crippen LogP contribution in [0, 0.1) is 0 Å². The predicted octanol–water partition coefficient (Wildman–Crippen LogP) is 2.50. The third kappa shape index (κ3) is 1.96. The van der Waals surface area contributed by atoms with Crippen LogP contribution in [0.1, 0.15) is 12.0 Å². The van der Waals surface area contributed by atoms with Crippen LogP contribution in [0.5, 0.6) is 5.75 Å². The van der Waals surface area contributed by atoms with Crippen molar-refractivity contribution in [1.82, 2.24) is 0 Å². The second kappa shape index (κ2) is 4.29. The Morgan fingerprint density at radius 2 is 2.29 bits per heavy atom. The van der Waals surface area contributed by atoms with Crippen molar-refractivity contribution < 1.29 is 9.47 Å². The summed E-state index contributed by atoms with van der Waals surface area (Å²) in [5.74, 6) is 0.901. The molecule has 0 aliphatic carbocycles. The smallest absolute Gasteiger partial charge is 0.127 e. The zero-order valence-corrected chi connectivity index (χ0v) is 8.11. The minimum atomic E-state index is 0.205. The monoisotopic (exact) mass is 190 g/mol. The summed E-state index contributed by atoms with van der Waals surface area (Å²) in [6.07, 6.45) is 2.99. The SMILES string of the molecule is C=Cc1ccccc1OC1CCOC1. The van der Waals surface area contributed by atoms with E-state index in [1.165, 1.54) is 0 Å². The third-order valence-electron chi connectivity index (χ3n) is 2.32. The fourth-order valence-corrected chi connectivity index (χ4v) is 1.54. The minimum Gasteiger partial charge on any atom is -0.487 e. The number of ether oxygens (including phenoxy) is 2. The third-order valence-corrected chi connectivity index (χ3v) is 2.32. The zero-order valence-electron chi connectivity index (χ0n) is 8.11. The first-order chi connectivity index (χ1) is 6.90. The molecule has 1 fully saturated rings. The molecule has 0 saturated carbocycles. The van der Waals surface area contributed by atoms with E-state index in [9.17, 15) is 0 Å². The van der Waals surface area contributed by atoms with Gasteiger partial charge in [0.05, 0.1) is 13.2 Å². The molecule has 74 valence electrons. The molecule has 0 amide bonds. The molecule has 14 heavy (non-hydrogen) atoms. The Morgan fingerprint density at radius 1 is 1.43 bits per heavy atom. The van der Waals surface area contributed by atoms with Crippen molar-refractivity contribution in [2.75, 3.05) is 13.2 Å². The lowest BCUT2D eigenvalue weighted by atomic mass is 10.2. The molecule has 0 bridgehead atoms. The van der Waals surface area contributed by atoms with Crippen LogP contribution in [0.3, 0.4) is 0 Å². The van der Waals surface area contributed by atoms with Gasteiger partial charge in [-0.05, 0) is 6.07 Å². The lowest BCUT2D eigenvalue weighted by molar-refractivity contribution is 0.141. The van der Waals surface area contributed by atoms with Crippen LogP contribution in [-0.4, -0.2) is 19.3 Å². The molecule has 2 heteroatoms. The van der Waals surface area contributed by atoms with Crippen molar-refractivity contribution in [3.05, 3.63) is 36.4 Å². The van der Waals surface area contributed by atoms with E-state index in [0.717, 1.165) is 24.3 Å². The summed E-state index contributed by atoms with van der Waals surface area (Å²) >= 11 is 0. The van der Waals surface area contributed by atoms with Gasteiger partial charge in [-0.2, -0.15) is 0 Å². The molecule has 0 N–H and O–H groups in total. The van der Waals surface area contributed by atoms with Crippen molar-refractivity contribution in [1.29, 1.82) is 0 Å². The highest BCUT2D eigenvalue weighted by atomic mass is 16.5. The van der Waals surface area contributed by atoms with Crippen LogP contribution in [-0.2, 0) is 4.74 Å². The number of benzene rings is 1. The Labute approximate surface area is 84.2 Å². The Morgan fingerprint density at radius 3 is 3.00 bits per heavy atom. The largest absolute Gasteiger partial charge is 0.487 e. The molecule has 0 radical (unpaired) electrons. The van der Waals surface area contributed by atoms with Gasteiger partial charge in [-0.25, -0.2) is 0 Å². The average molecular weight is 190 g/mol. The van der Waals surface area contributed by atoms with E-state index in [1.54, 1.807) is 0 Å². The lowest BCUT2D eigenvalue weighted by Crippen LogP contribution is -2.16. The molecule has 1 aromatic carbocycles. The fraction of sp³-hybridized carbons (Fsp3) is 0.333. The lowest BCUT2D eigenvalue weighted by Gasteiger charge is -2.13. The van der Waals surface area contributed by atoms with Crippen LogP contribution < -0.4 is 4.74 Å². The van der Waals surface area contributed by atoms with Gasteiger partial charge in [-0.3, -0.25) is 0 Å². The Hall–Kier alpha value is -1.28. The highest BCUT2D eigenvalue weighted by Crippen LogP contribution is 2.22. The molecule has 1 saturated heterocycles. The maximum absolute atomic E-state index is 5.80. The van der Waals surface area contributed by atoms with Crippen LogP contribution >= 0.6 is 0 Å². The molecule has 2 nitrogen and oxygen atoms in total. The molecule has 1 heterocycles. The van der Waals surface area contributed by atoms with Crippen LogP contribution in [0.2, 0.25) is 0 Å². The Kier molecular flexibility index (Phi) is 2.84. The quantitative estimate of drug-likeness (QED) is 0.729. The topological polar surface area (TPSA) is 18.5 Å². The highest BCUT2D eigenvalue weighted by molar-refractivity contribution is 5.55. The number of para-hydroxylation sites is 1. The van der Waals surface area contributed by atoms with Gasteiger partial charge >= 0.3 is 0 Å². The Balaban J connectivity index is 2.10. The number of rotatable bonds is 3. The zero-order chi connectivity index (χ0) is 9.80. The van der Waals surface area contributed by atoms with Gasteiger partial charge in [0.2, 0.25) is 0 Å². The minimum absolute atomic E-state index is 0.205. The van der Waals surface area contributed by atoms with Crippen molar-refractivity contribution in [3.63, 3.8) is 0 Å². The second-order valence-electron chi connectivity index (χ2n) is 3.35. The maximum atomic E-state index is 5.80. The molecule has 2 rings (SSSR count). The van der Waals surface area contributed by atoms with E-state index in [2.05, 4.69) is 6.58 Å². The summed E-state index contributed by atoms with van der Waals surface area (Å²) in [5, 5.41) is 0. The van der Waals surface area contributed by atoms with E-state index in [1.807, 2.05) is 30.3 Å². The van der Waals surface area contributed by atoms with Crippen molar-refractivity contribution in [2.45, 2.75) is 12.5 Å². The van der Waals surface area contributed by atoms with E-state index >= 15 is 0 Å². The molecule has 1 aliphatic heterocycles. The summed E-state index contributed by atoms with van der Waals surface area (Å²) in [6, 6.07) is 7.92. The van der Waals surface area contributed by atoms with Gasteiger partial charge in [0.1, 0.15) is 11.9 Å². The van der Waals surface area contributed by atoms with Gasteiger partial charge < -0.3 is 9.47 Å². The van der Waals surface area contributed by atoms with Crippen LogP contribution in [0.25, 0.3) is 6.08 Å². The summed E-state index contributed by atoms with van der Waals surface area (Å²) in [5.41, 5.74) is 1.04. The van der Waals surface area contributed by atoms with Crippen molar-refractivity contribution in [2.24, 2.45) is 0 Å². The highest BCUT2D eigenvalue weighted by Gasteiger charge is 2.17. The average Bonchev–Trinajstić information content (AvgIpc) is 2.71. The molecule has 1 unspecified atom stereocenters. The standard InChI is InChI=1S/C12H14O2/c1-2-10-5-3-4-6-12(10)14-11-7-8-13-9-11/h2-6,11H,1,7-9H2.